The van der Waals surface area contributed by atoms with Crippen LogP contribution in [-0.4, -0.2) is 28.2 Å². The van der Waals surface area contributed by atoms with E-state index in [1.54, 1.807) is 12.1 Å². The first-order valence-corrected chi connectivity index (χ1v) is 10.2. The maximum absolute atomic E-state index is 14.2. The number of aromatic hydroxyl groups is 1. The fourth-order valence-electron chi connectivity index (χ4n) is 3.25. The van der Waals surface area contributed by atoms with Crippen molar-refractivity contribution in [3.63, 3.8) is 0 Å². The first kappa shape index (κ1) is 24.0. The van der Waals surface area contributed by atoms with Crippen molar-refractivity contribution in [1.82, 2.24) is 10.3 Å². The number of carbonyl (C=O) groups excluding carboxylic acids is 1. The number of methoxy groups -OCH3 is 1. The largest absolute Gasteiger partial charge is 0.507 e. The molecule has 35 heavy (non-hydrogen) atoms. The number of hydrogen-bond acceptors (Lipinski definition) is 6. The lowest BCUT2D eigenvalue weighted by molar-refractivity contribution is 0.0966. The van der Waals surface area contributed by atoms with Gasteiger partial charge in [0.15, 0.2) is 28.1 Å². The zero-order valence-corrected chi connectivity index (χ0v) is 18.8. The van der Waals surface area contributed by atoms with Crippen LogP contribution in [0.5, 0.6) is 11.5 Å². The van der Waals surface area contributed by atoms with Gasteiger partial charge in [-0.25, -0.2) is 13.8 Å². The molecule has 0 bridgehead atoms. The fourth-order valence-corrected chi connectivity index (χ4v) is 3.46. The second-order valence-electron chi connectivity index (χ2n) is 7.29. The predicted molar refractivity (Wildman–Crippen MR) is 122 cm³/mol. The van der Waals surface area contributed by atoms with E-state index in [0.717, 1.165) is 12.7 Å². The van der Waals surface area contributed by atoms with E-state index in [1.165, 1.54) is 18.2 Å². The molecule has 4 aromatic rings. The molecule has 3 N–H and O–H groups in total. The number of ether oxygens (including phenoxy) is 1. The Hall–Kier alpha value is -4.19. The quantitative estimate of drug-likeness (QED) is 0.152. The van der Waals surface area contributed by atoms with E-state index in [9.17, 15) is 27.5 Å². The Bertz CT molecular complexity index is 1480. The Labute approximate surface area is 200 Å². The average Bonchev–Trinajstić information content (AvgIpc) is 3.22. The number of fused-ring (bicyclic) bond motifs is 1. The molecular weight excluding hydrogens is 490 g/mol. The lowest BCUT2D eigenvalue weighted by atomic mass is 10.1. The van der Waals surface area contributed by atoms with Gasteiger partial charge in [0, 0.05) is 5.69 Å². The molecule has 0 atom stereocenters. The van der Waals surface area contributed by atoms with Crippen molar-refractivity contribution in [2.24, 2.45) is 0 Å². The standard InChI is InChI=1S/C23H15F4N3O4S/c1-9-3-5-12-14(7-9)34-22(29-12)11-8-10(4-6-13(11)31)28-23(35)30-21(32)15-16(24)18(26)20(33-2)19(27)17(15)25/h3-8,31H,1-2H3,(H2,28,30,32,35). The van der Waals surface area contributed by atoms with Crippen molar-refractivity contribution in [3.05, 3.63) is 70.8 Å². The topological polar surface area (TPSA) is 96.6 Å². The molecule has 0 saturated heterocycles. The van der Waals surface area contributed by atoms with Gasteiger partial charge in [0.1, 0.15) is 16.8 Å². The molecule has 0 unspecified atom stereocenters. The molecule has 0 fully saturated rings. The summed E-state index contributed by atoms with van der Waals surface area (Å²) in [5, 5.41) is 14.3. The molecule has 1 aromatic heterocycles. The molecular formula is C23H15F4N3O4S. The number of benzene rings is 3. The number of phenolic OH excluding ortho intramolecular Hbond substituents is 1. The van der Waals surface area contributed by atoms with Gasteiger partial charge in [0.2, 0.25) is 17.5 Å². The number of oxazole rings is 1. The van der Waals surface area contributed by atoms with Gasteiger partial charge in [-0.15, -0.1) is 0 Å². The summed E-state index contributed by atoms with van der Waals surface area (Å²) in [5.41, 5.74) is 0.921. The molecule has 0 spiro atoms. The monoisotopic (exact) mass is 505 g/mol. The van der Waals surface area contributed by atoms with Crippen LogP contribution < -0.4 is 15.4 Å². The molecule has 180 valence electrons. The Morgan fingerprint density at radius 3 is 2.40 bits per heavy atom. The molecule has 0 aliphatic heterocycles. The van der Waals surface area contributed by atoms with E-state index < -0.39 is 45.6 Å². The summed E-state index contributed by atoms with van der Waals surface area (Å²) in [5.74, 6) is -10.5. The number of rotatable bonds is 4. The summed E-state index contributed by atoms with van der Waals surface area (Å²) in [4.78, 5) is 16.6. The maximum Gasteiger partial charge on any atom is 0.263 e. The summed E-state index contributed by atoms with van der Waals surface area (Å²) >= 11 is 4.97. The van der Waals surface area contributed by atoms with Crippen LogP contribution >= 0.6 is 12.2 Å². The number of carbonyl (C=O) groups is 1. The fraction of sp³-hybridized carbons (Fsp3) is 0.0870. The van der Waals surface area contributed by atoms with Crippen LogP contribution in [0.15, 0.2) is 40.8 Å². The third kappa shape index (κ3) is 4.47. The summed E-state index contributed by atoms with van der Waals surface area (Å²) in [7, 11) is 0.812. The van der Waals surface area contributed by atoms with Crippen LogP contribution in [0, 0.1) is 30.2 Å². The van der Waals surface area contributed by atoms with Crippen LogP contribution in [0.1, 0.15) is 15.9 Å². The normalized spacial score (nSPS) is 10.9. The number of nitrogens with zero attached hydrogens (tertiary/aromatic N) is 1. The van der Waals surface area contributed by atoms with Gasteiger partial charge in [-0.2, -0.15) is 8.78 Å². The van der Waals surface area contributed by atoms with E-state index in [-0.39, 0.29) is 22.9 Å². The highest BCUT2D eigenvalue weighted by atomic mass is 32.1. The molecule has 0 saturated carbocycles. The van der Waals surface area contributed by atoms with Gasteiger partial charge in [0.25, 0.3) is 5.91 Å². The summed E-state index contributed by atoms with van der Waals surface area (Å²) < 4.78 is 66.2. The molecule has 3 aromatic carbocycles. The lowest BCUT2D eigenvalue weighted by Crippen LogP contribution is -2.35. The Balaban J connectivity index is 1.57. The van der Waals surface area contributed by atoms with E-state index in [4.69, 9.17) is 16.6 Å². The number of hydrogen-bond donors (Lipinski definition) is 3. The SMILES string of the molecule is COc1c(F)c(F)c(C(=O)NC(=S)Nc2ccc(O)c(-c3nc4ccc(C)cc4o3)c2)c(F)c1F. The Morgan fingerprint density at radius 2 is 1.74 bits per heavy atom. The van der Waals surface area contributed by atoms with Gasteiger partial charge in [-0.3, -0.25) is 10.1 Å². The highest BCUT2D eigenvalue weighted by Crippen LogP contribution is 2.34. The van der Waals surface area contributed by atoms with Gasteiger partial charge in [-0.05, 0) is 55.0 Å². The number of aryl methyl sites for hydroxylation is 1. The van der Waals surface area contributed by atoms with Crippen molar-refractivity contribution in [2.75, 3.05) is 12.4 Å². The zero-order chi connectivity index (χ0) is 25.4. The molecule has 7 nitrogen and oxygen atoms in total. The number of phenols is 1. The highest BCUT2D eigenvalue weighted by Gasteiger charge is 2.30. The summed E-state index contributed by atoms with van der Waals surface area (Å²) in [6, 6.07) is 9.47. The first-order valence-electron chi connectivity index (χ1n) is 9.83. The van der Waals surface area contributed by atoms with Crippen molar-refractivity contribution in [3.8, 4) is 23.0 Å². The van der Waals surface area contributed by atoms with Crippen LogP contribution in [0.2, 0.25) is 0 Å². The zero-order valence-electron chi connectivity index (χ0n) is 18.0. The average molecular weight is 505 g/mol. The first-order chi connectivity index (χ1) is 16.6. The molecule has 1 heterocycles. The van der Waals surface area contributed by atoms with E-state index in [1.807, 2.05) is 18.3 Å². The maximum atomic E-state index is 14.2. The van der Waals surface area contributed by atoms with Gasteiger partial charge in [0.05, 0.1) is 12.7 Å². The molecule has 0 radical (unpaired) electrons. The van der Waals surface area contributed by atoms with E-state index >= 15 is 0 Å². The minimum absolute atomic E-state index is 0.107. The number of thiocarbonyl (C=S) groups is 1. The van der Waals surface area contributed by atoms with Crippen molar-refractivity contribution < 1.29 is 36.6 Å². The van der Waals surface area contributed by atoms with Crippen LogP contribution in [0.4, 0.5) is 23.2 Å². The molecule has 0 aliphatic carbocycles. The van der Waals surface area contributed by atoms with Crippen LogP contribution in [0.3, 0.4) is 0 Å². The van der Waals surface area contributed by atoms with Gasteiger partial charge >= 0.3 is 0 Å². The molecule has 0 aliphatic rings. The second-order valence-corrected chi connectivity index (χ2v) is 7.70. The van der Waals surface area contributed by atoms with Crippen molar-refractivity contribution in [2.45, 2.75) is 6.92 Å². The number of amides is 1. The molecule has 1 amide bonds. The summed E-state index contributed by atoms with van der Waals surface area (Å²) in [6.07, 6.45) is 0. The van der Waals surface area contributed by atoms with Crippen molar-refractivity contribution in [1.29, 1.82) is 0 Å². The Morgan fingerprint density at radius 1 is 1.06 bits per heavy atom. The highest BCUT2D eigenvalue weighted by molar-refractivity contribution is 7.80. The lowest BCUT2D eigenvalue weighted by Gasteiger charge is -2.13. The minimum atomic E-state index is -1.95. The van der Waals surface area contributed by atoms with Gasteiger partial charge in [-0.1, -0.05) is 6.07 Å². The van der Waals surface area contributed by atoms with E-state index in [0.29, 0.717) is 11.1 Å². The van der Waals surface area contributed by atoms with Crippen molar-refractivity contribution >= 4 is 40.0 Å². The third-order valence-electron chi connectivity index (χ3n) is 4.91. The van der Waals surface area contributed by atoms with Crippen LogP contribution in [0.25, 0.3) is 22.6 Å². The van der Waals surface area contributed by atoms with Crippen LogP contribution in [-0.2, 0) is 0 Å². The molecule has 12 heteroatoms. The number of anilines is 1. The number of nitrogens with one attached hydrogen (secondary N) is 2. The Kier molecular flexibility index (Phi) is 6.31. The summed E-state index contributed by atoms with van der Waals surface area (Å²) in [6.45, 7) is 1.88. The van der Waals surface area contributed by atoms with Gasteiger partial charge < -0.3 is 19.6 Å². The molecule has 4 rings (SSSR count). The number of aromatic nitrogens is 1. The number of halogens is 4. The minimum Gasteiger partial charge on any atom is -0.507 e. The van der Waals surface area contributed by atoms with E-state index in [2.05, 4.69) is 15.0 Å². The predicted octanol–water partition coefficient (Wildman–Crippen LogP) is 5.20. The smallest absolute Gasteiger partial charge is 0.263 e. The second kappa shape index (κ2) is 9.22. The third-order valence-corrected chi connectivity index (χ3v) is 5.11.